The molecule has 6 nitrogen and oxygen atoms in total. The van der Waals surface area contributed by atoms with Crippen molar-refractivity contribution in [2.24, 2.45) is 5.92 Å². The molecule has 0 aromatic carbocycles. The highest BCUT2D eigenvalue weighted by atomic mass is 32.1. The zero-order chi connectivity index (χ0) is 15.5. The molecule has 116 valence electrons. The van der Waals surface area contributed by atoms with E-state index in [1.54, 1.807) is 30.7 Å². The Bertz CT molecular complexity index is 648. The van der Waals surface area contributed by atoms with Crippen LogP contribution in [0.15, 0.2) is 30.7 Å². The molecule has 0 spiro atoms. The van der Waals surface area contributed by atoms with Gasteiger partial charge in [0.25, 0.3) is 0 Å². The van der Waals surface area contributed by atoms with Gasteiger partial charge in [0.15, 0.2) is 5.13 Å². The summed E-state index contributed by atoms with van der Waals surface area (Å²) in [5.74, 6) is 0.142. The van der Waals surface area contributed by atoms with Crippen LogP contribution in [0.1, 0.15) is 12.8 Å². The van der Waals surface area contributed by atoms with Crippen LogP contribution in [0.4, 0.5) is 5.13 Å². The molecule has 1 aliphatic rings. The lowest BCUT2D eigenvalue weighted by Crippen LogP contribution is -2.35. The van der Waals surface area contributed by atoms with Crippen LogP contribution in [-0.4, -0.2) is 41.1 Å². The molecular formula is C15H19N4O2S+. The Hall–Kier alpha value is -1.99. The lowest BCUT2D eigenvalue weighted by Gasteiger charge is -2.27. The summed E-state index contributed by atoms with van der Waals surface area (Å²) in [5.41, 5.74) is 0.961. The van der Waals surface area contributed by atoms with E-state index >= 15 is 0 Å². The minimum absolute atomic E-state index is 0.0651. The van der Waals surface area contributed by atoms with Gasteiger partial charge in [-0.2, -0.15) is 0 Å². The predicted octanol–water partition coefficient (Wildman–Crippen LogP) is 1.62. The van der Waals surface area contributed by atoms with Crippen LogP contribution < -0.4 is 10.0 Å². The van der Waals surface area contributed by atoms with E-state index in [1.807, 2.05) is 0 Å². The fraction of sp³-hybridized carbons (Fsp3) is 0.400. The molecule has 3 heterocycles. The van der Waals surface area contributed by atoms with Crippen molar-refractivity contribution in [3.05, 3.63) is 30.7 Å². The summed E-state index contributed by atoms with van der Waals surface area (Å²) in [5, 5.41) is 12.8. The van der Waals surface area contributed by atoms with Crippen LogP contribution in [0.25, 0.3) is 10.4 Å². The Morgan fingerprint density at radius 3 is 2.77 bits per heavy atom. The number of aromatic nitrogens is 2. The Kier molecular flexibility index (Phi) is 4.35. The second-order valence-corrected chi connectivity index (χ2v) is 6.59. The third kappa shape index (κ3) is 3.42. The minimum atomic E-state index is 0.0651. The number of nitrogens with one attached hydrogen (secondary N) is 1. The number of carbonyl (C=O) groups excluding carboxylic acids is 1. The van der Waals surface area contributed by atoms with E-state index < -0.39 is 0 Å². The predicted molar refractivity (Wildman–Crippen MR) is 83.8 cm³/mol. The van der Waals surface area contributed by atoms with Gasteiger partial charge in [-0.15, -0.1) is 0 Å². The highest BCUT2D eigenvalue weighted by Crippen LogP contribution is 2.29. The van der Waals surface area contributed by atoms with Gasteiger partial charge >= 0.3 is 0 Å². The summed E-state index contributed by atoms with van der Waals surface area (Å²) >= 11 is 1.44. The van der Waals surface area contributed by atoms with Crippen molar-refractivity contribution in [3.63, 3.8) is 0 Å². The first kappa shape index (κ1) is 14.9. The second kappa shape index (κ2) is 6.41. The molecule has 2 aromatic heterocycles. The number of nitrogens with zero attached hydrogens (tertiary/aromatic N) is 3. The van der Waals surface area contributed by atoms with Crippen LogP contribution in [0.5, 0.6) is 0 Å². The number of anilines is 1. The number of amides is 1. The lowest BCUT2D eigenvalue weighted by molar-refractivity contribution is -0.904. The molecule has 2 aromatic rings. The van der Waals surface area contributed by atoms with Gasteiger partial charge in [0.2, 0.25) is 18.3 Å². The van der Waals surface area contributed by atoms with Gasteiger partial charge in [-0.05, 0) is 33.0 Å². The topological polar surface area (TPSA) is 69.3 Å². The second-order valence-electron chi connectivity index (χ2n) is 5.56. The van der Waals surface area contributed by atoms with Crippen molar-refractivity contribution in [2.75, 3.05) is 25.5 Å². The smallest absolute Gasteiger partial charge is 0.229 e. The molecule has 1 fully saturated rings. The van der Waals surface area contributed by atoms with E-state index in [0.717, 1.165) is 41.1 Å². The van der Waals surface area contributed by atoms with Crippen LogP contribution in [0.2, 0.25) is 0 Å². The van der Waals surface area contributed by atoms with Crippen molar-refractivity contribution in [1.29, 1.82) is 0 Å². The number of likely N-dealkylation sites (tertiary alicyclic amines) is 1. The summed E-state index contributed by atoms with van der Waals surface area (Å²) in [6.07, 6.45) is 6.66. The standard InChI is InChI=1S/C15H18N4O2S/c1-18-6-2-12(3-7-18)14(20)17-15-16-10-13(22-15)11-4-8-19(21)9-5-11/h4-5,8-10,12,21H,2-3,6-7H2,1H3/p+1. The fourth-order valence-corrected chi connectivity index (χ4v) is 3.35. The number of pyridine rings is 1. The molecule has 22 heavy (non-hydrogen) atoms. The van der Waals surface area contributed by atoms with Crippen molar-refractivity contribution in [3.8, 4) is 10.4 Å². The zero-order valence-corrected chi connectivity index (χ0v) is 13.2. The largest absolute Gasteiger partial charge is 0.306 e. The monoisotopic (exact) mass is 319 g/mol. The van der Waals surface area contributed by atoms with Gasteiger partial charge in [-0.3, -0.25) is 10.0 Å². The summed E-state index contributed by atoms with van der Waals surface area (Å²) in [7, 11) is 2.08. The van der Waals surface area contributed by atoms with Gasteiger partial charge in [0, 0.05) is 34.5 Å². The van der Waals surface area contributed by atoms with Crippen LogP contribution in [0, 0.1) is 5.92 Å². The summed E-state index contributed by atoms with van der Waals surface area (Å²) in [6, 6.07) is 3.60. The molecule has 0 atom stereocenters. The maximum absolute atomic E-state index is 12.3. The van der Waals surface area contributed by atoms with Gasteiger partial charge in [-0.25, -0.2) is 4.98 Å². The SMILES string of the molecule is CN1CCC(C(=O)Nc2ncc(-c3cc[n+](O)cc3)s2)CC1. The van der Waals surface area contributed by atoms with E-state index in [1.165, 1.54) is 11.3 Å². The number of thiazole rings is 1. The van der Waals surface area contributed by atoms with Crippen molar-refractivity contribution in [2.45, 2.75) is 12.8 Å². The first-order valence-corrected chi connectivity index (χ1v) is 8.09. The number of hydrogen-bond acceptors (Lipinski definition) is 5. The molecule has 2 N–H and O–H groups in total. The molecule has 3 rings (SSSR count). The molecule has 0 bridgehead atoms. The Labute approximate surface area is 133 Å². The summed E-state index contributed by atoms with van der Waals surface area (Å²) in [4.78, 5) is 19.7. The number of rotatable bonds is 3. The highest BCUT2D eigenvalue weighted by molar-refractivity contribution is 7.19. The number of piperidine rings is 1. The molecule has 1 saturated heterocycles. The van der Waals surface area contributed by atoms with Gasteiger partial charge < -0.3 is 10.2 Å². The maximum Gasteiger partial charge on any atom is 0.229 e. The van der Waals surface area contributed by atoms with Crippen LogP contribution >= 0.6 is 11.3 Å². The van der Waals surface area contributed by atoms with E-state index in [-0.39, 0.29) is 11.8 Å². The maximum atomic E-state index is 12.3. The van der Waals surface area contributed by atoms with Crippen molar-refractivity contribution in [1.82, 2.24) is 9.88 Å². The first-order valence-electron chi connectivity index (χ1n) is 7.28. The van der Waals surface area contributed by atoms with E-state index in [0.29, 0.717) is 5.13 Å². The normalized spacial score (nSPS) is 16.6. The quantitative estimate of drug-likeness (QED) is 0.666. The van der Waals surface area contributed by atoms with E-state index in [4.69, 9.17) is 0 Å². The molecule has 0 unspecified atom stereocenters. The van der Waals surface area contributed by atoms with Crippen LogP contribution in [-0.2, 0) is 4.79 Å². The lowest BCUT2D eigenvalue weighted by atomic mass is 9.96. The Balaban J connectivity index is 1.64. The molecule has 0 radical (unpaired) electrons. The highest BCUT2D eigenvalue weighted by Gasteiger charge is 2.24. The van der Waals surface area contributed by atoms with Crippen molar-refractivity contribution >= 4 is 22.4 Å². The third-order valence-corrected chi connectivity index (χ3v) is 4.89. The number of hydrogen-bond donors (Lipinski definition) is 2. The molecule has 1 amide bonds. The fourth-order valence-electron chi connectivity index (χ4n) is 2.53. The van der Waals surface area contributed by atoms with Crippen LogP contribution in [0.3, 0.4) is 0 Å². The van der Waals surface area contributed by atoms with E-state index in [9.17, 15) is 10.0 Å². The molecule has 0 saturated carbocycles. The summed E-state index contributed by atoms with van der Waals surface area (Å²) < 4.78 is 0.993. The van der Waals surface area contributed by atoms with Gasteiger partial charge in [0.1, 0.15) is 0 Å². The first-order chi connectivity index (χ1) is 10.6. The Morgan fingerprint density at radius 2 is 2.09 bits per heavy atom. The minimum Gasteiger partial charge on any atom is -0.306 e. The summed E-state index contributed by atoms with van der Waals surface area (Å²) in [6.45, 7) is 1.93. The average Bonchev–Trinajstić information content (AvgIpc) is 2.97. The van der Waals surface area contributed by atoms with Gasteiger partial charge in [-0.1, -0.05) is 11.3 Å². The third-order valence-electron chi connectivity index (χ3n) is 3.92. The molecular weight excluding hydrogens is 300 g/mol. The van der Waals surface area contributed by atoms with E-state index in [2.05, 4.69) is 22.2 Å². The van der Waals surface area contributed by atoms with Gasteiger partial charge in [0.05, 0.1) is 4.88 Å². The molecule has 7 heteroatoms. The Morgan fingerprint density at radius 1 is 1.41 bits per heavy atom. The number of carbonyl (C=O) groups is 1. The average molecular weight is 319 g/mol. The van der Waals surface area contributed by atoms with Crippen molar-refractivity contribution < 1.29 is 14.7 Å². The zero-order valence-electron chi connectivity index (χ0n) is 12.4. The molecule has 0 aliphatic carbocycles. The molecule has 1 aliphatic heterocycles.